The van der Waals surface area contributed by atoms with E-state index in [1.165, 1.54) is 11.6 Å². The van der Waals surface area contributed by atoms with Crippen LogP contribution in [0.3, 0.4) is 0 Å². The number of aryl methyl sites for hydroxylation is 3. The number of carbonyl (C=O) groups is 1. The maximum atomic E-state index is 12.6. The number of benzene rings is 3. The summed E-state index contributed by atoms with van der Waals surface area (Å²) in [5, 5.41) is 0. The molecule has 1 aliphatic rings. The van der Waals surface area contributed by atoms with E-state index < -0.39 is 15.9 Å². The van der Waals surface area contributed by atoms with Gasteiger partial charge in [-0.2, -0.15) is 0 Å². The van der Waals surface area contributed by atoms with Crippen LogP contribution in [0.4, 0.5) is 0 Å². The summed E-state index contributed by atoms with van der Waals surface area (Å²) in [6.07, 6.45) is 6.00. The van der Waals surface area contributed by atoms with Crippen molar-refractivity contribution in [2.75, 3.05) is 6.26 Å². The molecule has 0 spiro atoms. The van der Waals surface area contributed by atoms with E-state index in [9.17, 15) is 13.2 Å². The number of nitrogens with zero attached hydrogens (tertiary/aromatic N) is 2. The number of hydrogen-bond donors (Lipinski definition) is 1. The first-order chi connectivity index (χ1) is 17.3. The number of nitrogens with one attached hydrogen (secondary N) is 1. The lowest BCUT2D eigenvalue weighted by Crippen LogP contribution is -2.27. The molecule has 0 saturated heterocycles. The highest BCUT2D eigenvalue weighted by atomic mass is 32.2. The summed E-state index contributed by atoms with van der Waals surface area (Å²) >= 11 is 0. The average molecular weight is 500 g/mol. The Hall–Kier alpha value is -3.71. The maximum absolute atomic E-state index is 12.6. The largest absolute Gasteiger partial charge is 0.323 e. The molecule has 184 valence electrons. The zero-order valence-electron chi connectivity index (χ0n) is 20.5. The van der Waals surface area contributed by atoms with Crippen LogP contribution in [0.2, 0.25) is 0 Å². The Morgan fingerprint density at radius 3 is 2.53 bits per heavy atom. The van der Waals surface area contributed by atoms with Gasteiger partial charge in [-0.1, -0.05) is 61.5 Å². The van der Waals surface area contributed by atoms with Crippen LogP contribution in [-0.4, -0.2) is 30.1 Å². The van der Waals surface area contributed by atoms with Gasteiger partial charge < -0.3 is 4.57 Å². The fourth-order valence-corrected chi connectivity index (χ4v) is 5.45. The third-order valence-corrected chi connectivity index (χ3v) is 7.11. The topological polar surface area (TPSA) is 81.1 Å². The summed E-state index contributed by atoms with van der Waals surface area (Å²) in [5.74, 6) is 0.437. The van der Waals surface area contributed by atoms with Crippen molar-refractivity contribution < 1.29 is 13.2 Å². The van der Waals surface area contributed by atoms with E-state index in [4.69, 9.17) is 4.98 Å². The van der Waals surface area contributed by atoms with Crippen LogP contribution in [-0.2, 0) is 40.6 Å². The average Bonchev–Trinajstić information content (AvgIpc) is 3.09. The van der Waals surface area contributed by atoms with E-state index in [1.54, 1.807) is 0 Å². The van der Waals surface area contributed by atoms with Crippen molar-refractivity contribution in [2.24, 2.45) is 0 Å². The fraction of sp³-hybridized carbons (Fsp3) is 0.241. The number of fused-ring (bicyclic) bond motifs is 3. The predicted molar refractivity (Wildman–Crippen MR) is 143 cm³/mol. The summed E-state index contributed by atoms with van der Waals surface area (Å²) in [6, 6.07) is 22.6. The molecule has 7 heteroatoms. The molecule has 1 aromatic heterocycles. The van der Waals surface area contributed by atoms with Crippen molar-refractivity contribution in [1.82, 2.24) is 14.3 Å². The van der Waals surface area contributed by atoms with Gasteiger partial charge in [-0.25, -0.2) is 18.1 Å². The number of amides is 1. The van der Waals surface area contributed by atoms with Crippen molar-refractivity contribution in [2.45, 2.75) is 39.2 Å². The van der Waals surface area contributed by atoms with Gasteiger partial charge in [-0.05, 0) is 64.8 Å². The van der Waals surface area contributed by atoms with Gasteiger partial charge in [0.25, 0.3) is 5.91 Å². The van der Waals surface area contributed by atoms with E-state index >= 15 is 0 Å². The molecule has 1 N–H and O–H groups in total. The Balaban J connectivity index is 1.57. The van der Waals surface area contributed by atoms with Crippen LogP contribution < -0.4 is 4.72 Å². The Kier molecular flexibility index (Phi) is 6.49. The fourth-order valence-electron chi connectivity index (χ4n) is 5.03. The summed E-state index contributed by atoms with van der Waals surface area (Å²) in [7, 11) is -3.65. The Morgan fingerprint density at radius 1 is 1.00 bits per heavy atom. The SMILES string of the molecule is CCCc1nc2ccccc2n1Cc1ccc2c(c1)CCc1ccccc1/C2=C\C(=O)NS(C)(=O)=O. The van der Waals surface area contributed by atoms with Crippen molar-refractivity contribution in [3.63, 3.8) is 0 Å². The number of para-hydroxylation sites is 2. The predicted octanol–water partition coefficient (Wildman–Crippen LogP) is 4.64. The van der Waals surface area contributed by atoms with Crippen molar-refractivity contribution in [1.29, 1.82) is 0 Å². The van der Waals surface area contributed by atoms with Crippen molar-refractivity contribution in [3.05, 3.63) is 106 Å². The number of aromatic nitrogens is 2. The first-order valence-electron chi connectivity index (χ1n) is 12.2. The Bertz CT molecular complexity index is 1600. The van der Waals surface area contributed by atoms with Gasteiger partial charge in [0, 0.05) is 19.0 Å². The zero-order valence-corrected chi connectivity index (χ0v) is 21.3. The molecule has 0 saturated carbocycles. The molecule has 0 bridgehead atoms. The van der Waals surface area contributed by atoms with Gasteiger partial charge in [0.15, 0.2) is 0 Å². The third kappa shape index (κ3) is 4.97. The molecule has 1 amide bonds. The second-order valence-electron chi connectivity index (χ2n) is 9.30. The second kappa shape index (κ2) is 9.74. The van der Waals surface area contributed by atoms with Crippen LogP contribution in [0.25, 0.3) is 16.6 Å². The molecule has 0 unspecified atom stereocenters. The molecule has 4 aromatic rings. The van der Waals surface area contributed by atoms with Gasteiger partial charge in [-0.15, -0.1) is 0 Å². The highest BCUT2D eigenvalue weighted by molar-refractivity contribution is 7.89. The van der Waals surface area contributed by atoms with Crippen LogP contribution >= 0.6 is 0 Å². The number of carbonyl (C=O) groups excluding carboxylic acids is 1. The second-order valence-corrected chi connectivity index (χ2v) is 11.0. The van der Waals surface area contributed by atoms with E-state index in [0.717, 1.165) is 76.6 Å². The van der Waals surface area contributed by atoms with Crippen LogP contribution in [0, 0.1) is 0 Å². The van der Waals surface area contributed by atoms with E-state index in [1.807, 2.05) is 30.3 Å². The summed E-state index contributed by atoms with van der Waals surface area (Å²) in [6.45, 7) is 2.88. The molecule has 1 aliphatic carbocycles. The molecular formula is C29H29N3O3S. The lowest BCUT2D eigenvalue weighted by molar-refractivity contribution is -0.114. The maximum Gasteiger partial charge on any atom is 0.258 e. The standard InChI is InChI=1S/C29H29N3O3S/c1-3-8-28-30-26-11-6-7-12-27(26)32(28)19-20-13-16-24-22(17-20)15-14-21-9-4-5-10-23(21)25(24)18-29(33)31-36(2,34)35/h4-7,9-13,16-18H,3,8,14-15,19H2,1-2H3,(H,31,33)/b25-18+. The van der Waals surface area contributed by atoms with Gasteiger partial charge >= 0.3 is 0 Å². The highest BCUT2D eigenvalue weighted by Crippen LogP contribution is 2.34. The van der Waals surface area contributed by atoms with Gasteiger partial charge in [-0.3, -0.25) is 4.79 Å². The number of sulfonamides is 1. The highest BCUT2D eigenvalue weighted by Gasteiger charge is 2.20. The van der Waals surface area contributed by atoms with Crippen LogP contribution in [0.1, 0.15) is 47.0 Å². The third-order valence-electron chi connectivity index (χ3n) is 6.54. The lowest BCUT2D eigenvalue weighted by atomic mass is 9.92. The normalized spacial score (nSPS) is 14.3. The number of imidazole rings is 1. The van der Waals surface area contributed by atoms with E-state index in [-0.39, 0.29) is 0 Å². The summed E-state index contributed by atoms with van der Waals surface area (Å²) in [4.78, 5) is 17.4. The van der Waals surface area contributed by atoms with Crippen LogP contribution in [0.5, 0.6) is 0 Å². The minimum Gasteiger partial charge on any atom is -0.323 e. The molecule has 0 atom stereocenters. The number of hydrogen-bond acceptors (Lipinski definition) is 4. The molecule has 1 heterocycles. The monoisotopic (exact) mass is 499 g/mol. The molecular weight excluding hydrogens is 470 g/mol. The van der Waals surface area contributed by atoms with Crippen molar-refractivity contribution in [3.8, 4) is 0 Å². The van der Waals surface area contributed by atoms with Crippen molar-refractivity contribution >= 4 is 32.5 Å². The lowest BCUT2D eigenvalue weighted by Gasteiger charge is -2.15. The molecule has 6 nitrogen and oxygen atoms in total. The smallest absolute Gasteiger partial charge is 0.258 e. The quantitative estimate of drug-likeness (QED) is 0.392. The molecule has 5 rings (SSSR count). The van der Waals surface area contributed by atoms with Gasteiger partial charge in [0.05, 0.1) is 17.3 Å². The molecule has 3 aromatic carbocycles. The molecule has 36 heavy (non-hydrogen) atoms. The number of rotatable bonds is 6. The van der Waals surface area contributed by atoms with Crippen LogP contribution in [0.15, 0.2) is 72.8 Å². The summed E-state index contributed by atoms with van der Waals surface area (Å²) < 4.78 is 27.6. The first-order valence-corrected chi connectivity index (χ1v) is 14.1. The molecule has 0 aliphatic heterocycles. The van der Waals surface area contributed by atoms with Gasteiger partial charge in [0.2, 0.25) is 10.0 Å². The molecule has 0 radical (unpaired) electrons. The van der Waals surface area contributed by atoms with Gasteiger partial charge in [0.1, 0.15) is 5.82 Å². The Morgan fingerprint density at radius 2 is 1.72 bits per heavy atom. The zero-order chi connectivity index (χ0) is 25.3. The molecule has 0 fully saturated rings. The first kappa shape index (κ1) is 24.0. The minimum absolute atomic E-state index is 0.645. The summed E-state index contributed by atoms with van der Waals surface area (Å²) in [5.41, 5.74) is 8.23. The minimum atomic E-state index is -3.65. The Labute approximate surface area is 211 Å². The van der Waals surface area contributed by atoms with E-state index in [0.29, 0.717) is 6.54 Å². The van der Waals surface area contributed by atoms with E-state index in [2.05, 4.69) is 52.6 Å².